The van der Waals surface area contributed by atoms with E-state index >= 15 is 0 Å². The van der Waals surface area contributed by atoms with E-state index in [1.54, 1.807) is 48.1 Å². The van der Waals surface area contributed by atoms with Crippen LogP contribution >= 0.6 is 0 Å². The molecule has 1 aromatic heterocycles. The maximum atomic E-state index is 13.3. The molecule has 0 saturated heterocycles. The fourth-order valence-corrected chi connectivity index (χ4v) is 4.10. The zero-order valence-corrected chi connectivity index (χ0v) is 19.7. The highest BCUT2D eigenvalue weighted by Crippen LogP contribution is 2.36. The molecule has 1 amide bonds. The molecule has 6 nitrogen and oxygen atoms in total. The van der Waals surface area contributed by atoms with E-state index in [0.29, 0.717) is 29.8 Å². The predicted octanol–water partition coefficient (Wildman–Crippen LogP) is 5.33. The van der Waals surface area contributed by atoms with Crippen molar-refractivity contribution in [1.29, 1.82) is 0 Å². The second kappa shape index (κ2) is 9.19. The summed E-state index contributed by atoms with van der Waals surface area (Å²) in [6, 6.07) is 14.9. The lowest BCUT2D eigenvalue weighted by Crippen LogP contribution is -2.45. The van der Waals surface area contributed by atoms with Gasteiger partial charge in [-0.3, -0.25) is 4.79 Å². The van der Waals surface area contributed by atoms with Gasteiger partial charge in [0.25, 0.3) is 5.91 Å². The number of alkyl halides is 3. The van der Waals surface area contributed by atoms with Gasteiger partial charge in [0.2, 0.25) is 0 Å². The Bertz CT molecular complexity index is 1430. The van der Waals surface area contributed by atoms with E-state index in [0.717, 1.165) is 23.0 Å². The molecule has 0 spiro atoms. The summed E-state index contributed by atoms with van der Waals surface area (Å²) in [7, 11) is 0. The number of nitrogens with zero attached hydrogens (tertiary/aromatic N) is 2. The second-order valence-corrected chi connectivity index (χ2v) is 9.21. The van der Waals surface area contributed by atoms with Crippen molar-refractivity contribution in [3.05, 3.63) is 89.9 Å². The molecule has 10 heteroatoms. The fourth-order valence-electron chi connectivity index (χ4n) is 4.10. The number of nitrogens with one attached hydrogen (secondary N) is 1. The van der Waals surface area contributed by atoms with Gasteiger partial charge in [-0.05, 0) is 79.9 Å². The number of ether oxygens (including phenoxy) is 1. The highest BCUT2D eigenvalue weighted by Gasteiger charge is 2.48. The summed E-state index contributed by atoms with van der Waals surface area (Å²) in [5.41, 5.74) is -0.379. The van der Waals surface area contributed by atoms with Gasteiger partial charge in [-0.15, -0.1) is 0 Å². The molecule has 4 aromatic rings. The number of aromatic nitrogens is 2. The van der Waals surface area contributed by atoms with Crippen LogP contribution in [0.2, 0.25) is 0 Å². The van der Waals surface area contributed by atoms with Crippen LogP contribution in [-0.4, -0.2) is 32.4 Å². The van der Waals surface area contributed by atoms with Gasteiger partial charge in [-0.25, -0.2) is 9.07 Å². The Morgan fingerprint density at radius 2 is 1.76 bits per heavy atom. The van der Waals surface area contributed by atoms with E-state index in [2.05, 4.69) is 10.4 Å². The van der Waals surface area contributed by atoms with Crippen LogP contribution in [0.3, 0.4) is 0 Å². The molecule has 0 aliphatic heterocycles. The normalized spacial score (nSPS) is 16.3. The molecule has 192 valence electrons. The Labute approximate surface area is 209 Å². The quantitative estimate of drug-likeness (QED) is 0.328. The number of aliphatic hydroxyl groups is 1. The summed E-state index contributed by atoms with van der Waals surface area (Å²) < 4.78 is 60.4. The SMILES string of the molecule is CC(NC(=O)C1(O)CC1)C(Oc1ccc2c(cnn2-c2ccc(F)cc2)c1)c1ccc(C(F)(F)F)cc1. The van der Waals surface area contributed by atoms with Crippen molar-refractivity contribution in [2.24, 2.45) is 0 Å². The van der Waals surface area contributed by atoms with E-state index in [1.165, 1.54) is 24.3 Å². The minimum atomic E-state index is -4.49. The third kappa shape index (κ3) is 5.15. The molecule has 5 rings (SSSR count). The van der Waals surface area contributed by atoms with Gasteiger partial charge < -0.3 is 15.2 Å². The first-order valence-corrected chi connectivity index (χ1v) is 11.6. The number of hydrogen-bond donors (Lipinski definition) is 2. The fraction of sp³-hybridized carbons (Fsp3) is 0.259. The van der Waals surface area contributed by atoms with Gasteiger partial charge in [0.15, 0.2) is 0 Å². The minimum Gasteiger partial charge on any atom is -0.484 e. The molecular weight excluding hydrogens is 490 g/mol. The lowest BCUT2D eigenvalue weighted by molar-refractivity contribution is -0.137. The molecule has 1 aliphatic carbocycles. The first-order valence-electron chi connectivity index (χ1n) is 11.6. The van der Waals surface area contributed by atoms with E-state index < -0.39 is 35.4 Å². The maximum absolute atomic E-state index is 13.3. The number of hydrogen-bond acceptors (Lipinski definition) is 4. The van der Waals surface area contributed by atoms with Crippen molar-refractivity contribution in [2.75, 3.05) is 0 Å². The van der Waals surface area contributed by atoms with Crippen LogP contribution in [0.5, 0.6) is 5.75 Å². The Morgan fingerprint density at radius 1 is 1.08 bits per heavy atom. The van der Waals surface area contributed by atoms with Crippen molar-refractivity contribution in [1.82, 2.24) is 15.1 Å². The highest BCUT2D eigenvalue weighted by atomic mass is 19.4. The zero-order chi connectivity index (χ0) is 26.4. The second-order valence-electron chi connectivity index (χ2n) is 9.21. The van der Waals surface area contributed by atoms with Crippen LogP contribution in [-0.2, 0) is 11.0 Å². The summed E-state index contributed by atoms with van der Waals surface area (Å²) in [5.74, 6) is -0.501. The molecule has 0 bridgehead atoms. The first-order chi connectivity index (χ1) is 17.5. The number of rotatable bonds is 7. The van der Waals surface area contributed by atoms with Crippen LogP contribution in [0.1, 0.15) is 37.0 Å². The Balaban J connectivity index is 1.44. The van der Waals surface area contributed by atoms with Gasteiger partial charge in [0.05, 0.1) is 29.0 Å². The van der Waals surface area contributed by atoms with Crippen LogP contribution in [0.15, 0.2) is 72.9 Å². The number of amides is 1. The summed E-state index contributed by atoms with van der Waals surface area (Å²) in [5, 5.41) is 17.9. The zero-order valence-electron chi connectivity index (χ0n) is 19.7. The number of carbonyl (C=O) groups is 1. The molecule has 2 atom stereocenters. The van der Waals surface area contributed by atoms with Crippen molar-refractivity contribution in [3.8, 4) is 11.4 Å². The van der Waals surface area contributed by atoms with E-state index in [-0.39, 0.29) is 5.82 Å². The van der Waals surface area contributed by atoms with Crippen LogP contribution in [0.4, 0.5) is 17.6 Å². The standard InChI is InChI=1S/C27H23F4N3O3/c1-16(33-25(35)26(36)12-13-26)24(17-2-4-19(5-3-17)27(29,30)31)37-22-10-11-23-18(14-22)15-32-34(23)21-8-6-20(28)7-9-21/h2-11,14-16,24,36H,12-13H2,1H3,(H,33,35). The van der Waals surface area contributed by atoms with E-state index in [4.69, 9.17) is 4.74 Å². The summed E-state index contributed by atoms with van der Waals surface area (Å²) in [4.78, 5) is 12.4. The smallest absolute Gasteiger partial charge is 0.416 e. The molecule has 2 N–H and O–H groups in total. The highest BCUT2D eigenvalue weighted by molar-refractivity contribution is 5.88. The molecular formula is C27H23F4N3O3. The van der Waals surface area contributed by atoms with Gasteiger partial charge in [0, 0.05) is 5.39 Å². The van der Waals surface area contributed by atoms with Gasteiger partial charge in [0.1, 0.15) is 23.3 Å². The number of fused-ring (bicyclic) bond motifs is 1. The summed E-state index contributed by atoms with van der Waals surface area (Å²) >= 11 is 0. The molecule has 1 saturated carbocycles. The lowest BCUT2D eigenvalue weighted by Gasteiger charge is -2.27. The molecule has 1 fully saturated rings. The third-order valence-electron chi connectivity index (χ3n) is 6.40. The van der Waals surface area contributed by atoms with Crippen LogP contribution < -0.4 is 10.1 Å². The monoisotopic (exact) mass is 513 g/mol. The maximum Gasteiger partial charge on any atom is 0.416 e. The van der Waals surface area contributed by atoms with E-state index in [1.807, 2.05) is 0 Å². The molecule has 1 heterocycles. The van der Waals surface area contributed by atoms with Gasteiger partial charge >= 0.3 is 6.18 Å². The Kier molecular flexibility index (Phi) is 6.15. The first kappa shape index (κ1) is 24.8. The van der Waals surface area contributed by atoms with Gasteiger partial charge in [-0.1, -0.05) is 12.1 Å². The summed E-state index contributed by atoms with van der Waals surface area (Å²) in [6.45, 7) is 1.66. The third-order valence-corrected chi connectivity index (χ3v) is 6.40. The van der Waals surface area contributed by atoms with Crippen molar-refractivity contribution in [3.63, 3.8) is 0 Å². The Morgan fingerprint density at radius 3 is 2.38 bits per heavy atom. The molecule has 37 heavy (non-hydrogen) atoms. The van der Waals surface area contributed by atoms with E-state index in [9.17, 15) is 27.5 Å². The Hall–Kier alpha value is -3.92. The molecule has 2 unspecified atom stereocenters. The average Bonchev–Trinajstić information content (AvgIpc) is 3.49. The minimum absolute atomic E-state index is 0.353. The molecule has 0 radical (unpaired) electrons. The lowest BCUT2D eigenvalue weighted by atomic mass is 10.0. The topological polar surface area (TPSA) is 76.4 Å². The average molecular weight is 513 g/mol. The number of carbonyl (C=O) groups excluding carboxylic acids is 1. The largest absolute Gasteiger partial charge is 0.484 e. The molecule has 3 aromatic carbocycles. The van der Waals surface area contributed by atoms with Crippen molar-refractivity contribution >= 4 is 16.8 Å². The van der Waals surface area contributed by atoms with Gasteiger partial charge in [-0.2, -0.15) is 18.3 Å². The molecule has 1 aliphatic rings. The van der Waals surface area contributed by atoms with Crippen LogP contribution in [0.25, 0.3) is 16.6 Å². The van der Waals surface area contributed by atoms with Crippen LogP contribution in [0, 0.1) is 5.82 Å². The van der Waals surface area contributed by atoms with Crippen molar-refractivity contribution in [2.45, 2.75) is 43.7 Å². The number of benzene rings is 3. The number of halogens is 4. The predicted molar refractivity (Wildman–Crippen MR) is 128 cm³/mol. The van der Waals surface area contributed by atoms with Crippen molar-refractivity contribution < 1.29 is 32.2 Å². The summed E-state index contributed by atoms with van der Waals surface area (Å²) in [6.07, 6.45) is -3.01.